The number of likely N-dealkylation sites (N-methyl/N-ethyl adjacent to an activating group) is 2. The van der Waals surface area contributed by atoms with Crippen LogP contribution in [0.25, 0.3) is 0 Å². The van der Waals surface area contributed by atoms with E-state index in [2.05, 4.69) is 16.0 Å². The van der Waals surface area contributed by atoms with Gasteiger partial charge in [-0.05, 0) is 74.9 Å². The van der Waals surface area contributed by atoms with Crippen LogP contribution in [0.2, 0.25) is 0 Å². The summed E-state index contributed by atoms with van der Waals surface area (Å²) in [5, 5.41) is 8.81. The highest BCUT2D eigenvalue weighted by atomic mass is 31.2. The van der Waals surface area contributed by atoms with Gasteiger partial charge in [0.05, 0.1) is 55.3 Å². The Kier molecular flexibility index (Phi) is 23.5. The van der Waals surface area contributed by atoms with Gasteiger partial charge in [0.1, 0.15) is 12.1 Å². The molecule has 1 aliphatic heterocycles. The molecule has 3 rings (SSSR count). The van der Waals surface area contributed by atoms with Crippen LogP contribution in [-0.2, 0) is 53.7 Å². The van der Waals surface area contributed by atoms with E-state index in [0.29, 0.717) is 42.6 Å². The van der Waals surface area contributed by atoms with Gasteiger partial charge < -0.3 is 40.1 Å². The van der Waals surface area contributed by atoms with Crippen molar-refractivity contribution >= 4 is 43.0 Å². The summed E-state index contributed by atoms with van der Waals surface area (Å²) in [6, 6.07) is 12.4. The Bertz CT molecular complexity index is 2000. The molecule has 1 unspecified atom stereocenters. The molecule has 0 bridgehead atoms. The molecular formula is C51H83N6O11P. The van der Waals surface area contributed by atoms with Gasteiger partial charge in [0.15, 0.2) is 0 Å². The standard InChI is InChI=1S/C51H83N6O11P/c1-16-34(8)45(56(13)51(62)43(31(2)3)54-50(61)44(32(4)5)55(11)12)41(65-14)29-42(58)57-28-20-23-40(57)46(66-15)35(9)49(60)52-36(10)47(38-21-18-17-19-22-38)68-69(63,64)67-30-37-24-26-39(27-25-37)53-48(59)33(6)7/h17-19,21-22,24-27,31-36,40-41,43-47H,16,20,23,28-30H2,1-15H3,(H,52,60)(H,53,59)(H,54,61)(H,63,64)/t34-,35+,36+,40-,41+,43-,44-,45-,46+,47+/m0/s1. The van der Waals surface area contributed by atoms with E-state index in [1.54, 1.807) is 99.1 Å². The van der Waals surface area contributed by atoms with Gasteiger partial charge in [0.2, 0.25) is 29.5 Å². The lowest BCUT2D eigenvalue weighted by Crippen LogP contribution is -2.59. The summed E-state index contributed by atoms with van der Waals surface area (Å²) in [5.74, 6) is -2.50. The second-order valence-electron chi connectivity index (χ2n) is 19.8. The summed E-state index contributed by atoms with van der Waals surface area (Å²) >= 11 is 0. The van der Waals surface area contributed by atoms with Gasteiger partial charge >= 0.3 is 7.82 Å². The molecule has 0 saturated carbocycles. The second kappa shape index (κ2) is 27.4. The molecule has 1 saturated heterocycles. The molecule has 1 fully saturated rings. The van der Waals surface area contributed by atoms with E-state index >= 15 is 0 Å². The number of likely N-dealkylation sites (tertiary alicyclic amines) is 1. The van der Waals surface area contributed by atoms with Gasteiger partial charge in [-0.2, -0.15) is 0 Å². The van der Waals surface area contributed by atoms with Crippen molar-refractivity contribution in [2.75, 3.05) is 47.2 Å². The van der Waals surface area contributed by atoms with Gasteiger partial charge in [0.25, 0.3) is 0 Å². The Morgan fingerprint density at radius 3 is 1.97 bits per heavy atom. The maximum Gasteiger partial charge on any atom is 0.473 e. The molecule has 17 nitrogen and oxygen atoms in total. The Balaban J connectivity index is 1.77. The lowest BCUT2D eigenvalue weighted by Gasteiger charge is -2.41. The molecule has 1 heterocycles. The third kappa shape index (κ3) is 16.7. The third-order valence-corrected chi connectivity index (χ3v) is 14.2. The van der Waals surface area contributed by atoms with Crippen LogP contribution in [0.15, 0.2) is 54.6 Å². The van der Waals surface area contributed by atoms with Crippen LogP contribution >= 0.6 is 7.82 Å². The van der Waals surface area contributed by atoms with Crippen LogP contribution in [-0.4, -0.2) is 133 Å². The molecule has 388 valence electrons. The molecule has 0 aromatic heterocycles. The highest BCUT2D eigenvalue weighted by molar-refractivity contribution is 7.47. The first-order valence-corrected chi connectivity index (χ1v) is 25.9. The van der Waals surface area contributed by atoms with Gasteiger partial charge in [-0.3, -0.25) is 37.9 Å². The lowest BCUT2D eigenvalue weighted by molar-refractivity contribution is -0.148. The first-order valence-electron chi connectivity index (χ1n) is 24.4. The fraction of sp³-hybridized carbons (Fsp3) is 0.667. The molecule has 2 aromatic carbocycles. The SMILES string of the molecule is CC[C@H](C)[C@@H]([C@@H](CC(=O)N1CCC[C@H]1[C@H](OC)[C@@H](C)C(=O)N[C@H](C)[C@@H](OP(=O)(O)OCc1ccc(NC(=O)C(C)C)cc1)c1ccccc1)OC)N(C)C(=O)[C@@H](NC(=O)[C@H](C(C)C)N(C)C)C(C)C. The van der Waals surface area contributed by atoms with Crippen molar-refractivity contribution in [2.45, 2.75) is 150 Å². The van der Waals surface area contributed by atoms with Crippen molar-refractivity contribution in [3.05, 3.63) is 65.7 Å². The number of hydrogen-bond acceptors (Lipinski definition) is 11. The normalized spacial score (nSPS) is 19.0. The average Bonchev–Trinajstić information content (AvgIpc) is 3.79. The second-order valence-corrected chi connectivity index (χ2v) is 21.2. The van der Waals surface area contributed by atoms with Crippen LogP contribution in [0, 0.1) is 29.6 Å². The van der Waals surface area contributed by atoms with Gasteiger partial charge in [-0.25, -0.2) is 4.57 Å². The van der Waals surface area contributed by atoms with Gasteiger partial charge in [0, 0.05) is 39.4 Å². The number of nitrogens with one attached hydrogen (secondary N) is 3. The fourth-order valence-electron chi connectivity index (χ4n) is 9.23. The number of carbonyl (C=O) groups excluding carboxylic acids is 5. The highest BCUT2D eigenvalue weighted by Crippen LogP contribution is 2.49. The molecule has 18 heteroatoms. The zero-order valence-corrected chi connectivity index (χ0v) is 44.7. The van der Waals surface area contributed by atoms with Crippen LogP contribution in [0.3, 0.4) is 0 Å². The van der Waals surface area contributed by atoms with E-state index < -0.39 is 68.2 Å². The topological polar surface area (TPSA) is 205 Å². The van der Waals surface area contributed by atoms with E-state index in [1.807, 2.05) is 60.5 Å². The Hall–Kier alpha value is -4.22. The molecule has 0 spiro atoms. The molecule has 2 aromatic rings. The van der Waals surface area contributed by atoms with Crippen molar-refractivity contribution in [1.29, 1.82) is 0 Å². The minimum absolute atomic E-state index is 0.0156. The number of phosphoric ester groups is 1. The first kappa shape index (κ1) is 59.1. The number of amides is 5. The van der Waals surface area contributed by atoms with Crippen LogP contribution < -0.4 is 16.0 Å². The number of ether oxygens (including phenoxy) is 2. The number of carbonyl (C=O) groups is 5. The van der Waals surface area contributed by atoms with Crippen molar-refractivity contribution in [3.63, 3.8) is 0 Å². The van der Waals surface area contributed by atoms with E-state index in [1.165, 1.54) is 14.2 Å². The highest BCUT2D eigenvalue weighted by Gasteiger charge is 2.44. The molecule has 0 radical (unpaired) electrons. The van der Waals surface area contributed by atoms with Crippen molar-refractivity contribution in [2.24, 2.45) is 29.6 Å². The Morgan fingerprint density at radius 2 is 1.45 bits per heavy atom. The summed E-state index contributed by atoms with van der Waals surface area (Å²) < 4.78 is 36.8. The zero-order chi connectivity index (χ0) is 51.9. The van der Waals surface area contributed by atoms with E-state index in [-0.39, 0.29) is 60.3 Å². The van der Waals surface area contributed by atoms with Crippen LogP contribution in [0.5, 0.6) is 0 Å². The van der Waals surface area contributed by atoms with Crippen LogP contribution in [0.4, 0.5) is 5.69 Å². The summed E-state index contributed by atoms with van der Waals surface area (Å²) in [5.41, 5.74) is 1.68. The molecular weight excluding hydrogens is 904 g/mol. The predicted octanol–water partition coefficient (Wildman–Crippen LogP) is 6.81. The summed E-state index contributed by atoms with van der Waals surface area (Å²) in [6.07, 6.45) is -0.593. The summed E-state index contributed by atoms with van der Waals surface area (Å²) in [6.45, 7) is 18.9. The average molecular weight is 987 g/mol. The lowest BCUT2D eigenvalue weighted by atomic mass is 9.89. The largest absolute Gasteiger partial charge is 0.473 e. The first-order chi connectivity index (χ1) is 32.4. The van der Waals surface area contributed by atoms with Gasteiger partial charge in [-0.15, -0.1) is 0 Å². The van der Waals surface area contributed by atoms with E-state index in [4.69, 9.17) is 18.5 Å². The number of benzene rings is 2. The number of anilines is 1. The maximum atomic E-state index is 14.4. The van der Waals surface area contributed by atoms with Crippen molar-refractivity contribution < 1.29 is 52.0 Å². The Labute approximate surface area is 411 Å². The smallest absolute Gasteiger partial charge is 0.379 e. The number of hydrogen-bond donors (Lipinski definition) is 4. The molecule has 1 aliphatic rings. The minimum atomic E-state index is -4.72. The predicted molar refractivity (Wildman–Crippen MR) is 268 cm³/mol. The van der Waals surface area contributed by atoms with Crippen molar-refractivity contribution in [3.8, 4) is 0 Å². The molecule has 69 heavy (non-hydrogen) atoms. The molecule has 11 atom stereocenters. The monoisotopic (exact) mass is 987 g/mol. The molecule has 0 aliphatic carbocycles. The molecule has 4 N–H and O–H groups in total. The van der Waals surface area contributed by atoms with Gasteiger partial charge in [-0.1, -0.05) is 111 Å². The third-order valence-electron chi connectivity index (χ3n) is 13.3. The quantitative estimate of drug-likeness (QED) is 0.0682. The summed E-state index contributed by atoms with van der Waals surface area (Å²) in [4.78, 5) is 84.8. The number of methoxy groups -OCH3 is 2. The summed E-state index contributed by atoms with van der Waals surface area (Å²) in [7, 11) is 3.72. The number of rotatable bonds is 27. The molecule has 5 amide bonds. The maximum absolute atomic E-state index is 14.4. The number of phosphoric acid groups is 1. The van der Waals surface area contributed by atoms with Crippen LogP contribution in [0.1, 0.15) is 112 Å². The number of nitrogens with zero attached hydrogens (tertiary/aromatic N) is 3. The Morgan fingerprint density at radius 1 is 0.826 bits per heavy atom. The zero-order valence-electron chi connectivity index (χ0n) is 43.8. The van der Waals surface area contributed by atoms with Crippen molar-refractivity contribution in [1.82, 2.24) is 25.3 Å². The van der Waals surface area contributed by atoms with E-state index in [9.17, 15) is 33.4 Å². The fourth-order valence-corrected chi connectivity index (χ4v) is 10.2. The van der Waals surface area contributed by atoms with E-state index in [0.717, 1.165) is 0 Å². The minimum Gasteiger partial charge on any atom is -0.379 e.